The van der Waals surface area contributed by atoms with E-state index < -0.39 is 0 Å². The molecule has 8 nitrogen and oxygen atoms in total. The predicted molar refractivity (Wildman–Crippen MR) is 94.7 cm³/mol. The zero-order valence-electron chi connectivity index (χ0n) is 13.5. The number of hydrogen-bond acceptors (Lipinski definition) is 8. The third kappa shape index (κ3) is 2.45. The fraction of sp³-hybridized carbons (Fsp3) is 0.125. The second kappa shape index (κ2) is 5.71. The number of aryl methyl sites for hydroxylation is 1. The molecule has 0 unspecified atom stereocenters. The van der Waals surface area contributed by atoms with E-state index in [0.29, 0.717) is 22.2 Å². The SMILES string of the molecule is COc1ccc(-c2c(C)nn3c(N)c(-c4nc(O)cs4)nnc23)cc1. The maximum absolute atomic E-state index is 9.44. The summed E-state index contributed by atoms with van der Waals surface area (Å²) in [5, 5.41) is 24.4. The van der Waals surface area contributed by atoms with E-state index in [1.54, 1.807) is 11.6 Å². The van der Waals surface area contributed by atoms with Crippen LogP contribution in [0.2, 0.25) is 0 Å². The van der Waals surface area contributed by atoms with E-state index in [1.165, 1.54) is 16.7 Å². The van der Waals surface area contributed by atoms with Gasteiger partial charge in [-0.1, -0.05) is 12.1 Å². The van der Waals surface area contributed by atoms with E-state index in [-0.39, 0.29) is 5.88 Å². The third-order valence-electron chi connectivity index (χ3n) is 3.82. The molecule has 0 amide bonds. The van der Waals surface area contributed by atoms with Crippen molar-refractivity contribution < 1.29 is 9.84 Å². The number of rotatable bonds is 3. The summed E-state index contributed by atoms with van der Waals surface area (Å²) < 4.78 is 6.75. The number of nitrogen functional groups attached to an aromatic ring is 1. The van der Waals surface area contributed by atoms with Crippen LogP contribution in [0.1, 0.15) is 5.69 Å². The second-order valence-electron chi connectivity index (χ2n) is 5.37. The Morgan fingerprint density at radius 3 is 2.60 bits per heavy atom. The number of hydrogen-bond donors (Lipinski definition) is 2. The molecule has 0 aliphatic rings. The van der Waals surface area contributed by atoms with E-state index >= 15 is 0 Å². The van der Waals surface area contributed by atoms with E-state index in [2.05, 4.69) is 20.3 Å². The molecule has 1 aromatic carbocycles. The van der Waals surface area contributed by atoms with Crippen molar-refractivity contribution in [2.45, 2.75) is 6.92 Å². The van der Waals surface area contributed by atoms with Gasteiger partial charge < -0.3 is 15.6 Å². The van der Waals surface area contributed by atoms with E-state index in [1.807, 2.05) is 31.2 Å². The van der Waals surface area contributed by atoms with Crippen molar-refractivity contribution in [1.29, 1.82) is 0 Å². The van der Waals surface area contributed by atoms with Gasteiger partial charge in [0, 0.05) is 0 Å². The van der Waals surface area contributed by atoms with Gasteiger partial charge in [0.15, 0.2) is 22.2 Å². The van der Waals surface area contributed by atoms with Crippen LogP contribution in [0.4, 0.5) is 5.82 Å². The lowest BCUT2D eigenvalue weighted by Gasteiger charge is -2.05. The van der Waals surface area contributed by atoms with Crippen molar-refractivity contribution in [3.63, 3.8) is 0 Å². The van der Waals surface area contributed by atoms with Gasteiger partial charge in [-0.2, -0.15) is 14.6 Å². The van der Waals surface area contributed by atoms with Gasteiger partial charge >= 0.3 is 0 Å². The predicted octanol–water partition coefficient (Wildman–Crippen LogP) is 2.52. The van der Waals surface area contributed by atoms with Gasteiger partial charge in [0.2, 0.25) is 5.88 Å². The van der Waals surface area contributed by atoms with E-state index in [4.69, 9.17) is 10.5 Å². The molecule has 0 saturated heterocycles. The van der Waals surface area contributed by atoms with Gasteiger partial charge in [-0.25, -0.2) is 0 Å². The summed E-state index contributed by atoms with van der Waals surface area (Å²) in [6, 6.07) is 7.63. The number of nitrogens with zero attached hydrogens (tertiary/aromatic N) is 5. The lowest BCUT2D eigenvalue weighted by molar-refractivity contribution is 0.415. The largest absolute Gasteiger partial charge is 0.497 e. The molecule has 0 atom stereocenters. The van der Waals surface area contributed by atoms with E-state index in [0.717, 1.165) is 22.6 Å². The lowest BCUT2D eigenvalue weighted by atomic mass is 10.1. The Kier molecular flexibility index (Phi) is 3.50. The Bertz CT molecular complexity index is 1070. The van der Waals surface area contributed by atoms with Gasteiger partial charge in [-0.05, 0) is 24.6 Å². The van der Waals surface area contributed by atoms with Gasteiger partial charge in [-0.15, -0.1) is 21.5 Å². The summed E-state index contributed by atoms with van der Waals surface area (Å²) >= 11 is 1.24. The minimum absolute atomic E-state index is 0.0723. The maximum Gasteiger partial charge on any atom is 0.222 e. The smallest absolute Gasteiger partial charge is 0.222 e. The molecule has 3 heterocycles. The van der Waals surface area contributed by atoms with Crippen LogP contribution in [-0.4, -0.2) is 37.0 Å². The molecule has 0 aliphatic carbocycles. The monoisotopic (exact) mass is 354 g/mol. The zero-order chi connectivity index (χ0) is 17.6. The maximum atomic E-state index is 9.44. The first-order valence-electron chi connectivity index (χ1n) is 7.39. The standard InChI is InChI=1S/C16H14N6O2S/c1-8-12(9-3-5-10(24-2)6-4-9)15-20-19-13(14(17)22(15)21-8)16-18-11(23)7-25-16/h3-7,23H,17H2,1-2H3. The van der Waals surface area contributed by atoms with Crippen molar-refractivity contribution in [2.75, 3.05) is 12.8 Å². The first-order valence-corrected chi connectivity index (χ1v) is 8.27. The van der Waals surface area contributed by atoms with Gasteiger partial charge in [0.05, 0.1) is 23.7 Å². The summed E-state index contributed by atoms with van der Waals surface area (Å²) in [5.41, 5.74) is 9.76. The number of fused-ring (bicyclic) bond motifs is 1. The number of aromatic nitrogens is 5. The molecule has 0 saturated carbocycles. The highest BCUT2D eigenvalue weighted by molar-refractivity contribution is 7.13. The normalized spacial score (nSPS) is 11.1. The minimum Gasteiger partial charge on any atom is -0.497 e. The average molecular weight is 354 g/mol. The summed E-state index contributed by atoms with van der Waals surface area (Å²) in [6.45, 7) is 1.89. The fourth-order valence-corrected chi connectivity index (χ4v) is 3.32. The third-order valence-corrected chi connectivity index (χ3v) is 4.66. The van der Waals surface area contributed by atoms with Crippen molar-refractivity contribution in [3.8, 4) is 33.5 Å². The Balaban J connectivity index is 1.89. The number of nitrogens with two attached hydrogens (primary N) is 1. The number of aromatic hydroxyl groups is 1. The highest BCUT2D eigenvalue weighted by Gasteiger charge is 2.19. The first kappa shape index (κ1) is 15.3. The molecule has 0 radical (unpaired) electrons. The van der Waals surface area contributed by atoms with Gasteiger partial charge in [-0.3, -0.25) is 0 Å². The van der Waals surface area contributed by atoms with Crippen LogP contribution in [0.15, 0.2) is 29.6 Å². The molecule has 126 valence electrons. The molecular weight excluding hydrogens is 340 g/mol. The van der Waals surface area contributed by atoms with Gasteiger partial charge in [0.25, 0.3) is 0 Å². The molecular formula is C16H14N6O2S. The Hall–Kier alpha value is -3.20. The molecule has 0 bridgehead atoms. The van der Waals surface area contributed by atoms with Crippen LogP contribution in [-0.2, 0) is 0 Å². The molecule has 9 heteroatoms. The average Bonchev–Trinajstić information content (AvgIpc) is 3.19. The summed E-state index contributed by atoms with van der Waals surface area (Å²) in [6.07, 6.45) is 0. The van der Waals surface area contributed by atoms with Crippen molar-refractivity contribution in [3.05, 3.63) is 35.3 Å². The Labute approximate surface area is 146 Å². The molecule has 4 aromatic rings. The van der Waals surface area contributed by atoms with Crippen molar-refractivity contribution in [2.24, 2.45) is 0 Å². The molecule has 3 aromatic heterocycles. The van der Waals surface area contributed by atoms with Crippen LogP contribution >= 0.6 is 11.3 Å². The molecule has 0 fully saturated rings. The molecule has 25 heavy (non-hydrogen) atoms. The molecule has 3 N–H and O–H groups in total. The molecule has 4 rings (SSSR count). The Morgan fingerprint density at radius 1 is 1.20 bits per heavy atom. The van der Waals surface area contributed by atoms with Crippen LogP contribution in [0.3, 0.4) is 0 Å². The Morgan fingerprint density at radius 2 is 1.96 bits per heavy atom. The minimum atomic E-state index is -0.0723. The van der Waals surface area contributed by atoms with Crippen molar-refractivity contribution in [1.82, 2.24) is 24.8 Å². The first-order chi connectivity index (χ1) is 12.1. The van der Waals surface area contributed by atoms with Crippen molar-refractivity contribution >= 4 is 22.8 Å². The number of benzene rings is 1. The molecule has 0 aliphatic heterocycles. The number of methoxy groups -OCH3 is 1. The number of anilines is 1. The second-order valence-corrected chi connectivity index (χ2v) is 6.23. The van der Waals surface area contributed by atoms with Crippen LogP contribution in [0.5, 0.6) is 11.6 Å². The topological polar surface area (TPSA) is 111 Å². The summed E-state index contributed by atoms with van der Waals surface area (Å²) in [5.74, 6) is 1.02. The lowest BCUT2D eigenvalue weighted by Crippen LogP contribution is -2.05. The summed E-state index contributed by atoms with van der Waals surface area (Å²) in [4.78, 5) is 3.99. The number of ether oxygens (including phenoxy) is 1. The number of thiazole rings is 1. The molecule has 0 spiro atoms. The highest BCUT2D eigenvalue weighted by Crippen LogP contribution is 2.33. The van der Waals surface area contributed by atoms with Gasteiger partial charge in [0.1, 0.15) is 5.75 Å². The highest BCUT2D eigenvalue weighted by atomic mass is 32.1. The zero-order valence-corrected chi connectivity index (χ0v) is 14.3. The summed E-state index contributed by atoms with van der Waals surface area (Å²) in [7, 11) is 1.62. The van der Waals surface area contributed by atoms with Crippen LogP contribution in [0.25, 0.3) is 27.5 Å². The van der Waals surface area contributed by atoms with Crippen LogP contribution < -0.4 is 10.5 Å². The fourth-order valence-electron chi connectivity index (χ4n) is 2.65. The quantitative estimate of drug-likeness (QED) is 0.581. The van der Waals surface area contributed by atoms with Crippen LogP contribution in [0, 0.1) is 6.92 Å². The van der Waals surface area contributed by atoms with E-state index in [9.17, 15) is 5.11 Å².